The van der Waals surface area contributed by atoms with Crippen LogP contribution in [-0.4, -0.2) is 32.7 Å². The lowest BCUT2D eigenvalue weighted by Crippen LogP contribution is -2.43. The van der Waals surface area contributed by atoms with Crippen LogP contribution in [0.25, 0.3) is 5.69 Å². The summed E-state index contributed by atoms with van der Waals surface area (Å²) >= 11 is 0. The molecule has 23 heavy (non-hydrogen) atoms. The van der Waals surface area contributed by atoms with Gasteiger partial charge in [-0.05, 0) is 37.1 Å². The topological polar surface area (TPSA) is 67.2 Å². The molecule has 5 nitrogen and oxygen atoms in total. The number of aliphatic hydroxyl groups is 1. The molecule has 1 aromatic heterocycles. The summed E-state index contributed by atoms with van der Waals surface area (Å²) in [6.07, 6.45) is 10.9. The fourth-order valence-corrected chi connectivity index (χ4v) is 3.08. The first kappa shape index (κ1) is 15.7. The predicted octanol–water partition coefficient (Wildman–Crippen LogP) is 2.69. The molecular formula is C18H23N3O2. The van der Waals surface area contributed by atoms with Gasteiger partial charge in [-0.15, -0.1) is 0 Å². The first-order valence-electron chi connectivity index (χ1n) is 8.31. The smallest absolute Gasteiger partial charge is 0.251 e. The van der Waals surface area contributed by atoms with Crippen LogP contribution in [-0.2, 0) is 0 Å². The van der Waals surface area contributed by atoms with Crippen LogP contribution >= 0.6 is 0 Å². The SMILES string of the molecule is O=C(N[C@H]1CCCCCC[C@@H]1O)c1ccc(-n2ccnc2)cc1. The van der Waals surface area contributed by atoms with Gasteiger partial charge >= 0.3 is 0 Å². The molecule has 1 aliphatic carbocycles. The largest absolute Gasteiger partial charge is 0.391 e. The second kappa shape index (κ2) is 7.42. The molecule has 0 unspecified atom stereocenters. The molecule has 2 N–H and O–H groups in total. The standard InChI is InChI=1S/C18H23N3O2/c22-17-6-4-2-1-3-5-16(17)20-18(23)14-7-9-15(10-8-14)21-12-11-19-13-21/h7-13,16-17,22H,1-6H2,(H,20,23)/t16-,17-/m0/s1. The van der Waals surface area contributed by atoms with Gasteiger partial charge in [0.25, 0.3) is 5.91 Å². The molecule has 1 aliphatic rings. The van der Waals surface area contributed by atoms with Gasteiger partial charge in [-0.2, -0.15) is 0 Å². The zero-order valence-electron chi connectivity index (χ0n) is 13.2. The Morgan fingerprint density at radius 3 is 2.57 bits per heavy atom. The number of nitrogens with zero attached hydrogens (tertiary/aromatic N) is 2. The summed E-state index contributed by atoms with van der Waals surface area (Å²) < 4.78 is 1.89. The fourth-order valence-electron chi connectivity index (χ4n) is 3.08. The van der Waals surface area contributed by atoms with Crippen molar-refractivity contribution in [1.29, 1.82) is 0 Å². The van der Waals surface area contributed by atoms with Gasteiger partial charge in [0.15, 0.2) is 0 Å². The number of imidazole rings is 1. The Morgan fingerprint density at radius 2 is 1.87 bits per heavy atom. The Balaban J connectivity index is 1.65. The maximum Gasteiger partial charge on any atom is 0.251 e. The molecule has 122 valence electrons. The molecule has 1 amide bonds. The Bertz CT molecular complexity index is 622. The van der Waals surface area contributed by atoms with Gasteiger partial charge in [0, 0.05) is 23.6 Å². The highest BCUT2D eigenvalue weighted by molar-refractivity contribution is 5.94. The number of aliphatic hydroxyl groups excluding tert-OH is 1. The van der Waals surface area contributed by atoms with Crippen LogP contribution in [0.5, 0.6) is 0 Å². The molecule has 3 rings (SSSR count). The number of carbonyl (C=O) groups excluding carboxylic acids is 1. The first-order chi connectivity index (χ1) is 11.2. The van der Waals surface area contributed by atoms with Gasteiger partial charge in [0.05, 0.1) is 18.5 Å². The summed E-state index contributed by atoms with van der Waals surface area (Å²) in [6.45, 7) is 0. The van der Waals surface area contributed by atoms with E-state index in [1.807, 2.05) is 22.9 Å². The number of hydrogen-bond donors (Lipinski definition) is 2. The molecule has 1 fully saturated rings. The minimum atomic E-state index is -0.440. The summed E-state index contributed by atoms with van der Waals surface area (Å²) in [7, 11) is 0. The Kier molecular flexibility index (Phi) is 5.08. The van der Waals surface area contributed by atoms with Crippen molar-refractivity contribution in [1.82, 2.24) is 14.9 Å². The third-order valence-corrected chi connectivity index (χ3v) is 4.48. The van der Waals surface area contributed by atoms with Crippen molar-refractivity contribution < 1.29 is 9.90 Å². The van der Waals surface area contributed by atoms with E-state index in [2.05, 4.69) is 10.3 Å². The minimum Gasteiger partial charge on any atom is -0.391 e. The van der Waals surface area contributed by atoms with E-state index in [4.69, 9.17) is 0 Å². The minimum absolute atomic E-state index is 0.119. The molecule has 1 saturated carbocycles. The van der Waals surface area contributed by atoms with Crippen molar-refractivity contribution in [3.8, 4) is 5.69 Å². The number of carbonyl (C=O) groups is 1. The van der Waals surface area contributed by atoms with Gasteiger partial charge in [-0.25, -0.2) is 4.98 Å². The molecular weight excluding hydrogens is 290 g/mol. The molecule has 1 heterocycles. The van der Waals surface area contributed by atoms with Crippen molar-refractivity contribution in [2.75, 3.05) is 0 Å². The van der Waals surface area contributed by atoms with Crippen LogP contribution in [0.1, 0.15) is 48.9 Å². The van der Waals surface area contributed by atoms with Crippen LogP contribution in [0.3, 0.4) is 0 Å². The summed E-state index contributed by atoms with van der Waals surface area (Å²) in [5.41, 5.74) is 1.58. The number of benzene rings is 1. The van der Waals surface area contributed by atoms with Gasteiger partial charge in [0.1, 0.15) is 0 Å². The van der Waals surface area contributed by atoms with Gasteiger partial charge in [0.2, 0.25) is 0 Å². The highest BCUT2D eigenvalue weighted by Gasteiger charge is 2.22. The van der Waals surface area contributed by atoms with Crippen molar-refractivity contribution in [3.05, 3.63) is 48.5 Å². The normalized spacial score (nSPS) is 22.1. The summed E-state index contributed by atoms with van der Waals surface area (Å²) in [5.74, 6) is -0.119. The molecule has 0 saturated heterocycles. The fraction of sp³-hybridized carbons (Fsp3) is 0.444. The lowest BCUT2D eigenvalue weighted by atomic mass is 9.94. The molecule has 5 heteroatoms. The van der Waals surface area contributed by atoms with Crippen LogP contribution in [0.2, 0.25) is 0 Å². The second-order valence-electron chi connectivity index (χ2n) is 6.16. The Labute approximate surface area is 136 Å². The Morgan fingerprint density at radius 1 is 1.13 bits per heavy atom. The van der Waals surface area contributed by atoms with E-state index in [0.717, 1.165) is 31.4 Å². The zero-order chi connectivity index (χ0) is 16.1. The molecule has 0 bridgehead atoms. The Hall–Kier alpha value is -2.14. The number of aromatic nitrogens is 2. The quantitative estimate of drug-likeness (QED) is 0.915. The molecule has 0 spiro atoms. The van der Waals surface area contributed by atoms with Gasteiger partial charge in [-0.3, -0.25) is 4.79 Å². The third kappa shape index (κ3) is 3.99. The van der Waals surface area contributed by atoms with E-state index in [1.54, 1.807) is 24.7 Å². The van der Waals surface area contributed by atoms with Crippen molar-refractivity contribution in [2.45, 2.75) is 50.7 Å². The van der Waals surface area contributed by atoms with Gasteiger partial charge in [-0.1, -0.05) is 25.7 Å². The number of nitrogens with one attached hydrogen (secondary N) is 1. The lowest BCUT2D eigenvalue weighted by Gasteiger charge is -2.26. The maximum atomic E-state index is 12.4. The monoisotopic (exact) mass is 313 g/mol. The highest BCUT2D eigenvalue weighted by Crippen LogP contribution is 2.18. The van der Waals surface area contributed by atoms with E-state index in [-0.39, 0.29) is 11.9 Å². The molecule has 2 atom stereocenters. The first-order valence-corrected chi connectivity index (χ1v) is 8.31. The average Bonchev–Trinajstić information content (AvgIpc) is 3.09. The predicted molar refractivity (Wildman–Crippen MR) is 88.5 cm³/mol. The van der Waals surface area contributed by atoms with Crippen molar-refractivity contribution >= 4 is 5.91 Å². The number of rotatable bonds is 3. The third-order valence-electron chi connectivity index (χ3n) is 4.48. The molecule has 0 aliphatic heterocycles. The number of amides is 1. The summed E-state index contributed by atoms with van der Waals surface area (Å²) in [6, 6.07) is 7.26. The summed E-state index contributed by atoms with van der Waals surface area (Å²) in [4.78, 5) is 16.4. The van der Waals surface area contributed by atoms with Crippen LogP contribution in [0, 0.1) is 0 Å². The van der Waals surface area contributed by atoms with E-state index >= 15 is 0 Å². The average molecular weight is 313 g/mol. The highest BCUT2D eigenvalue weighted by atomic mass is 16.3. The van der Waals surface area contributed by atoms with Crippen molar-refractivity contribution in [2.24, 2.45) is 0 Å². The van der Waals surface area contributed by atoms with Gasteiger partial charge < -0.3 is 15.0 Å². The molecule has 2 aromatic rings. The van der Waals surface area contributed by atoms with Crippen LogP contribution < -0.4 is 5.32 Å². The van der Waals surface area contributed by atoms with Crippen molar-refractivity contribution in [3.63, 3.8) is 0 Å². The van der Waals surface area contributed by atoms with E-state index < -0.39 is 6.10 Å². The summed E-state index contributed by atoms with van der Waals surface area (Å²) in [5, 5.41) is 13.2. The lowest BCUT2D eigenvalue weighted by molar-refractivity contribution is 0.0771. The zero-order valence-corrected chi connectivity index (χ0v) is 13.2. The van der Waals surface area contributed by atoms with E-state index in [9.17, 15) is 9.90 Å². The van der Waals surface area contributed by atoms with E-state index in [1.165, 1.54) is 12.8 Å². The van der Waals surface area contributed by atoms with E-state index in [0.29, 0.717) is 5.56 Å². The molecule has 1 aromatic carbocycles. The second-order valence-corrected chi connectivity index (χ2v) is 6.16. The van der Waals surface area contributed by atoms with Crippen LogP contribution in [0.4, 0.5) is 0 Å². The maximum absolute atomic E-state index is 12.4. The van der Waals surface area contributed by atoms with Crippen LogP contribution in [0.15, 0.2) is 43.0 Å². The number of hydrogen-bond acceptors (Lipinski definition) is 3. The molecule has 0 radical (unpaired) electrons.